The van der Waals surface area contributed by atoms with Crippen molar-refractivity contribution in [1.29, 1.82) is 0 Å². The van der Waals surface area contributed by atoms with E-state index in [0.29, 0.717) is 0 Å². The van der Waals surface area contributed by atoms with Gasteiger partial charge in [-0.3, -0.25) is 0 Å². The van der Waals surface area contributed by atoms with E-state index in [-0.39, 0.29) is 16.8 Å². The zero-order chi connectivity index (χ0) is 14.9. The van der Waals surface area contributed by atoms with E-state index < -0.39 is 22.3 Å². The Labute approximate surface area is 121 Å². The summed E-state index contributed by atoms with van der Waals surface area (Å²) in [6, 6.07) is 5.67. The van der Waals surface area contributed by atoms with Crippen LogP contribution in [0.4, 0.5) is 8.78 Å². The Morgan fingerprint density at radius 2 is 1.85 bits per heavy atom. The lowest BCUT2D eigenvalue weighted by Gasteiger charge is -2.12. The lowest BCUT2D eigenvalue weighted by atomic mass is 10.0. The fraction of sp³-hybridized carbons (Fsp3) is 0.200. The first-order valence-corrected chi connectivity index (χ1v) is 6.40. The van der Waals surface area contributed by atoms with Crippen molar-refractivity contribution in [2.24, 2.45) is 0 Å². The molecule has 0 heterocycles. The van der Waals surface area contributed by atoms with Crippen LogP contribution in [0.5, 0.6) is 0 Å². The van der Waals surface area contributed by atoms with Gasteiger partial charge in [0, 0.05) is 12.6 Å². The molecule has 0 saturated heterocycles. The quantitative estimate of drug-likeness (QED) is 0.807. The highest BCUT2D eigenvalue weighted by Crippen LogP contribution is 2.37. The number of likely N-dealkylation sites (N-methyl/N-ethyl adjacent to an activating group) is 1. The molecule has 0 aliphatic heterocycles. The van der Waals surface area contributed by atoms with Gasteiger partial charge in [0.05, 0.1) is 16.1 Å². The lowest BCUT2D eigenvalue weighted by Crippen LogP contribution is -2.14. The fourth-order valence-electron chi connectivity index (χ4n) is 2.08. The largest absolute Gasteiger partial charge is 0.507 e. The Morgan fingerprint density at radius 3 is 2.45 bits per heavy atom. The molecule has 1 aromatic rings. The maximum Gasteiger partial charge on any atom is 0.157 e. The average molecular weight is 298 g/mol. The smallest absolute Gasteiger partial charge is 0.157 e. The number of halogens is 3. The summed E-state index contributed by atoms with van der Waals surface area (Å²) < 4.78 is 28.4. The molecule has 106 valence electrons. The van der Waals surface area contributed by atoms with Crippen LogP contribution in [0, 0.1) is 5.82 Å². The molecular weight excluding hydrogens is 284 g/mol. The van der Waals surface area contributed by atoms with E-state index in [0.717, 1.165) is 0 Å². The molecule has 0 radical (unpaired) electrons. The van der Waals surface area contributed by atoms with Crippen molar-refractivity contribution in [3.8, 4) is 0 Å². The third kappa shape index (κ3) is 2.70. The van der Waals surface area contributed by atoms with Gasteiger partial charge in [0.25, 0.3) is 0 Å². The van der Waals surface area contributed by atoms with Crippen LogP contribution in [0.3, 0.4) is 0 Å². The number of hydrogen-bond donors (Lipinski definition) is 2. The summed E-state index contributed by atoms with van der Waals surface area (Å²) in [4.78, 5) is -1.08. The van der Waals surface area contributed by atoms with Gasteiger partial charge in [-0.25, -0.2) is 8.78 Å². The van der Waals surface area contributed by atoms with E-state index in [9.17, 15) is 13.9 Å². The molecule has 0 aromatic heterocycles. The standard InChI is InChI=1S/C15H14ClF2NO/c1-15(16)7-11(19-2)14(18)13(12(20)8-15)9-5-3-4-6-10(9)17/h3-8,19-20H,1-2H3. The van der Waals surface area contributed by atoms with E-state index in [1.165, 1.54) is 37.4 Å². The van der Waals surface area contributed by atoms with Gasteiger partial charge in [-0.05, 0) is 25.1 Å². The van der Waals surface area contributed by atoms with Gasteiger partial charge in [0.1, 0.15) is 11.6 Å². The second-order valence-corrected chi connectivity index (χ2v) is 5.47. The fourth-order valence-corrected chi connectivity index (χ4v) is 2.29. The Bertz CT molecular complexity index is 633. The van der Waals surface area contributed by atoms with Crippen molar-refractivity contribution in [2.45, 2.75) is 11.8 Å². The van der Waals surface area contributed by atoms with E-state index >= 15 is 0 Å². The first-order chi connectivity index (χ1) is 9.35. The first-order valence-electron chi connectivity index (χ1n) is 6.02. The molecular formula is C15H14ClF2NO. The minimum Gasteiger partial charge on any atom is -0.507 e. The highest BCUT2D eigenvalue weighted by Gasteiger charge is 2.28. The molecule has 0 fully saturated rings. The van der Waals surface area contributed by atoms with Gasteiger partial charge < -0.3 is 10.4 Å². The van der Waals surface area contributed by atoms with Gasteiger partial charge in [-0.1, -0.05) is 18.2 Å². The van der Waals surface area contributed by atoms with Crippen molar-refractivity contribution in [2.75, 3.05) is 7.05 Å². The summed E-state index contributed by atoms with van der Waals surface area (Å²) in [5.41, 5.74) is -0.136. The maximum atomic E-state index is 14.6. The van der Waals surface area contributed by atoms with E-state index in [1.807, 2.05) is 0 Å². The second kappa shape index (κ2) is 5.29. The Kier molecular flexibility index (Phi) is 3.86. The highest BCUT2D eigenvalue weighted by atomic mass is 35.5. The predicted molar refractivity (Wildman–Crippen MR) is 76.5 cm³/mol. The lowest BCUT2D eigenvalue weighted by molar-refractivity contribution is 0.431. The SMILES string of the molecule is CNC1=CC(C)(Cl)C=C(O)C(c2ccccc2F)=C1F. The summed E-state index contributed by atoms with van der Waals surface area (Å²) in [6.45, 7) is 1.60. The molecule has 2 nitrogen and oxygen atoms in total. The van der Waals surface area contributed by atoms with Crippen LogP contribution in [0.15, 0.2) is 53.7 Å². The third-order valence-electron chi connectivity index (χ3n) is 2.97. The Hall–Kier alpha value is -1.81. The van der Waals surface area contributed by atoms with Crippen LogP contribution >= 0.6 is 11.6 Å². The monoisotopic (exact) mass is 297 g/mol. The molecule has 5 heteroatoms. The number of nitrogens with one attached hydrogen (secondary N) is 1. The van der Waals surface area contributed by atoms with Crippen molar-refractivity contribution in [3.05, 3.63) is 65.1 Å². The van der Waals surface area contributed by atoms with E-state index in [4.69, 9.17) is 11.6 Å². The number of rotatable bonds is 2. The van der Waals surface area contributed by atoms with Crippen molar-refractivity contribution in [3.63, 3.8) is 0 Å². The molecule has 0 spiro atoms. The van der Waals surface area contributed by atoms with Crippen molar-refractivity contribution < 1.29 is 13.9 Å². The zero-order valence-electron chi connectivity index (χ0n) is 11.0. The summed E-state index contributed by atoms with van der Waals surface area (Å²) in [5, 5.41) is 12.8. The summed E-state index contributed by atoms with van der Waals surface area (Å²) in [7, 11) is 1.53. The number of aliphatic hydroxyl groups excluding tert-OH is 1. The van der Waals surface area contributed by atoms with Crippen LogP contribution < -0.4 is 5.32 Å². The van der Waals surface area contributed by atoms with E-state index in [1.54, 1.807) is 13.0 Å². The molecule has 0 amide bonds. The molecule has 1 aliphatic rings. The normalized spacial score (nSPS) is 23.1. The molecule has 2 rings (SSSR count). The van der Waals surface area contributed by atoms with E-state index in [2.05, 4.69) is 5.32 Å². The second-order valence-electron chi connectivity index (χ2n) is 4.66. The minimum atomic E-state index is -1.08. The Balaban J connectivity index is 2.72. The van der Waals surface area contributed by atoms with Gasteiger partial charge in [-0.2, -0.15) is 0 Å². The van der Waals surface area contributed by atoms with Crippen LogP contribution in [-0.4, -0.2) is 17.0 Å². The van der Waals surface area contributed by atoms with Gasteiger partial charge >= 0.3 is 0 Å². The number of aliphatic hydroxyl groups is 1. The molecule has 1 aliphatic carbocycles. The third-order valence-corrected chi connectivity index (χ3v) is 3.19. The number of hydrogen-bond acceptors (Lipinski definition) is 2. The molecule has 1 atom stereocenters. The van der Waals surface area contributed by atoms with Crippen LogP contribution in [0.25, 0.3) is 5.57 Å². The molecule has 20 heavy (non-hydrogen) atoms. The van der Waals surface area contributed by atoms with Crippen LogP contribution in [0.2, 0.25) is 0 Å². The molecule has 0 bridgehead atoms. The van der Waals surface area contributed by atoms with Crippen LogP contribution in [-0.2, 0) is 0 Å². The summed E-state index contributed by atoms with van der Waals surface area (Å²) in [5.74, 6) is -1.77. The maximum absolute atomic E-state index is 14.6. The number of alkyl halides is 1. The van der Waals surface area contributed by atoms with Gasteiger partial charge in [0.15, 0.2) is 5.83 Å². The molecule has 1 aromatic carbocycles. The zero-order valence-corrected chi connectivity index (χ0v) is 11.8. The van der Waals surface area contributed by atoms with Crippen molar-refractivity contribution >= 4 is 17.2 Å². The topological polar surface area (TPSA) is 32.3 Å². The number of benzene rings is 1. The van der Waals surface area contributed by atoms with Gasteiger partial charge in [0.2, 0.25) is 0 Å². The van der Waals surface area contributed by atoms with Crippen LogP contribution in [0.1, 0.15) is 12.5 Å². The van der Waals surface area contributed by atoms with Crippen molar-refractivity contribution in [1.82, 2.24) is 5.32 Å². The highest BCUT2D eigenvalue weighted by molar-refractivity contribution is 6.26. The summed E-state index contributed by atoms with van der Waals surface area (Å²) in [6.07, 6.45) is 2.70. The first kappa shape index (κ1) is 14.6. The average Bonchev–Trinajstić information content (AvgIpc) is 2.45. The predicted octanol–water partition coefficient (Wildman–Crippen LogP) is 4.06. The molecule has 2 N–H and O–H groups in total. The molecule has 0 saturated carbocycles. The van der Waals surface area contributed by atoms with Gasteiger partial charge in [-0.15, -0.1) is 11.6 Å². The summed E-state index contributed by atoms with van der Waals surface area (Å²) >= 11 is 6.16. The Morgan fingerprint density at radius 1 is 1.20 bits per heavy atom. The minimum absolute atomic E-state index is 0.0192. The number of allylic oxidation sites excluding steroid dienone is 4. The molecule has 1 unspecified atom stereocenters.